The fourth-order valence-electron chi connectivity index (χ4n) is 3.07. The number of rotatable bonds is 5. The van der Waals surface area contributed by atoms with Crippen LogP contribution in [0.1, 0.15) is 28.2 Å². The molecule has 2 aromatic heterocycles. The van der Waals surface area contributed by atoms with Crippen molar-refractivity contribution in [2.45, 2.75) is 27.3 Å². The summed E-state index contributed by atoms with van der Waals surface area (Å²) in [6, 6.07) is 15.5. The molecule has 2 heterocycles. The number of hydrogen-bond donors (Lipinski definition) is 2. The van der Waals surface area contributed by atoms with Crippen LogP contribution in [-0.2, 0) is 16.1 Å². The van der Waals surface area contributed by atoms with E-state index < -0.39 is 11.8 Å². The van der Waals surface area contributed by atoms with Gasteiger partial charge in [0.1, 0.15) is 0 Å². The standard InChI is InChI=1S/C22H23N5O2/c1-15-8-4-5-10-20(15)27-16(2)12-18(17(27)3)13-25-26-22(29)21(28)24-14-19-9-6-7-11-23-19/h4-13H,14H2,1-3H3,(H,24,28)(H,26,29)/b25-13-. The van der Waals surface area contributed by atoms with Gasteiger partial charge in [-0.05, 0) is 50.6 Å². The number of amides is 2. The van der Waals surface area contributed by atoms with Crippen LogP contribution in [0.4, 0.5) is 0 Å². The van der Waals surface area contributed by atoms with Crippen molar-refractivity contribution in [3.05, 3.63) is 82.9 Å². The maximum absolute atomic E-state index is 11.9. The second-order valence-electron chi connectivity index (χ2n) is 6.65. The van der Waals surface area contributed by atoms with Crippen LogP contribution in [-0.4, -0.2) is 27.6 Å². The summed E-state index contributed by atoms with van der Waals surface area (Å²) in [7, 11) is 0. The Hall–Kier alpha value is -3.74. The average Bonchev–Trinajstić information content (AvgIpc) is 3.00. The number of carbonyl (C=O) groups is 2. The van der Waals surface area contributed by atoms with Crippen molar-refractivity contribution in [2.75, 3.05) is 0 Å². The van der Waals surface area contributed by atoms with Crippen LogP contribution in [0.25, 0.3) is 5.69 Å². The summed E-state index contributed by atoms with van der Waals surface area (Å²) in [6.07, 6.45) is 3.17. The Morgan fingerprint density at radius 1 is 1.07 bits per heavy atom. The van der Waals surface area contributed by atoms with E-state index in [2.05, 4.69) is 44.5 Å². The zero-order valence-electron chi connectivity index (χ0n) is 16.6. The molecular weight excluding hydrogens is 366 g/mol. The molecule has 0 atom stereocenters. The van der Waals surface area contributed by atoms with Crippen LogP contribution >= 0.6 is 0 Å². The predicted molar refractivity (Wildman–Crippen MR) is 112 cm³/mol. The molecule has 0 fully saturated rings. The zero-order chi connectivity index (χ0) is 20.8. The molecule has 1 aromatic carbocycles. The number of aryl methyl sites for hydroxylation is 2. The van der Waals surface area contributed by atoms with Gasteiger partial charge in [-0.2, -0.15) is 5.10 Å². The van der Waals surface area contributed by atoms with Gasteiger partial charge in [-0.1, -0.05) is 24.3 Å². The topological polar surface area (TPSA) is 88.4 Å². The Morgan fingerprint density at radius 2 is 1.83 bits per heavy atom. The van der Waals surface area contributed by atoms with Crippen molar-refractivity contribution in [2.24, 2.45) is 5.10 Å². The highest BCUT2D eigenvalue weighted by Crippen LogP contribution is 2.22. The number of nitrogens with one attached hydrogen (secondary N) is 2. The van der Waals surface area contributed by atoms with E-state index in [1.165, 1.54) is 0 Å². The van der Waals surface area contributed by atoms with Gasteiger partial charge >= 0.3 is 11.8 Å². The smallest absolute Gasteiger partial charge is 0.329 e. The molecule has 0 aliphatic heterocycles. The van der Waals surface area contributed by atoms with Crippen molar-refractivity contribution in [3.8, 4) is 5.69 Å². The first-order valence-electron chi connectivity index (χ1n) is 9.23. The van der Waals surface area contributed by atoms with Gasteiger partial charge in [-0.3, -0.25) is 14.6 Å². The number of hydrazone groups is 1. The Bertz CT molecular complexity index is 1050. The molecule has 2 N–H and O–H groups in total. The number of hydrogen-bond acceptors (Lipinski definition) is 4. The predicted octanol–water partition coefficient (Wildman–Crippen LogP) is 2.56. The molecule has 7 heteroatoms. The maximum atomic E-state index is 11.9. The zero-order valence-corrected chi connectivity index (χ0v) is 16.6. The molecule has 0 bridgehead atoms. The van der Waals surface area contributed by atoms with Crippen LogP contribution < -0.4 is 10.7 Å². The minimum Gasteiger partial charge on any atom is -0.342 e. The van der Waals surface area contributed by atoms with Gasteiger partial charge in [0.05, 0.1) is 18.5 Å². The highest BCUT2D eigenvalue weighted by Gasteiger charge is 2.13. The highest BCUT2D eigenvalue weighted by molar-refractivity contribution is 6.35. The van der Waals surface area contributed by atoms with E-state index in [0.717, 1.165) is 28.2 Å². The minimum atomic E-state index is -0.829. The average molecular weight is 389 g/mol. The molecule has 0 radical (unpaired) electrons. The SMILES string of the molecule is Cc1ccccc1-n1c(C)cc(/C=N\NC(=O)C(=O)NCc2ccccn2)c1C. The maximum Gasteiger partial charge on any atom is 0.329 e. The number of aromatic nitrogens is 2. The van der Waals surface area contributed by atoms with Gasteiger partial charge in [-0.25, -0.2) is 5.43 Å². The molecule has 0 saturated heterocycles. The summed E-state index contributed by atoms with van der Waals surface area (Å²) in [5.41, 5.74) is 8.10. The number of pyridine rings is 1. The van der Waals surface area contributed by atoms with E-state index in [1.807, 2.05) is 38.1 Å². The van der Waals surface area contributed by atoms with E-state index in [1.54, 1.807) is 24.5 Å². The summed E-state index contributed by atoms with van der Waals surface area (Å²) >= 11 is 0. The first-order valence-corrected chi connectivity index (χ1v) is 9.23. The summed E-state index contributed by atoms with van der Waals surface area (Å²) in [4.78, 5) is 27.9. The Morgan fingerprint density at radius 3 is 2.55 bits per heavy atom. The van der Waals surface area contributed by atoms with Crippen molar-refractivity contribution < 1.29 is 9.59 Å². The lowest BCUT2D eigenvalue weighted by Crippen LogP contribution is -2.37. The molecule has 7 nitrogen and oxygen atoms in total. The molecule has 3 rings (SSSR count). The third-order valence-corrected chi connectivity index (χ3v) is 4.56. The third-order valence-electron chi connectivity index (χ3n) is 4.56. The molecule has 29 heavy (non-hydrogen) atoms. The molecule has 0 aliphatic rings. The molecule has 0 saturated carbocycles. The van der Waals surface area contributed by atoms with E-state index in [9.17, 15) is 9.59 Å². The Labute approximate surface area is 169 Å². The van der Waals surface area contributed by atoms with Crippen LogP contribution in [0.5, 0.6) is 0 Å². The lowest BCUT2D eigenvalue weighted by Gasteiger charge is -2.12. The minimum absolute atomic E-state index is 0.175. The molecule has 3 aromatic rings. The van der Waals surface area contributed by atoms with E-state index in [4.69, 9.17) is 0 Å². The molecule has 148 valence electrons. The summed E-state index contributed by atoms with van der Waals surface area (Å²) in [5, 5.41) is 6.44. The van der Waals surface area contributed by atoms with Gasteiger partial charge in [0.2, 0.25) is 0 Å². The summed E-state index contributed by atoms with van der Waals surface area (Å²) in [6.45, 7) is 6.24. The monoisotopic (exact) mass is 389 g/mol. The van der Waals surface area contributed by atoms with Crippen LogP contribution in [0.3, 0.4) is 0 Å². The summed E-state index contributed by atoms with van der Waals surface area (Å²) in [5.74, 6) is -1.59. The second kappa shape index (κ2) is 8.97. The van der Waals surface area contributed by atoms with Crippen LogP contribution in [0, 0.1) is 20.8 Å². The highest BCUT2D eigenvalue weighted by atomic mass is 16.2. The Kier molecular flexibility index (Phi) is 6.19. The lowest BCUT2D eigenvalue weighted by atomic mass is 10.2. The number of benzene rings is 1. The van der Waals surface area contributed by atoms with E-state index in [-0.39, 0.29) is 6.54 Å². The lowest BCUT2D eigenvalue weighted by molar-refractivity contribution is -0.139. The Balaban J connectivity index is 1.63. The first-order chi connectivity index (χ1) is 14.0. The summed E-state index contributed by atoms with van der Waals surface area (Å²) < 4.78 is 2.14. The first kappa shape index (κ1) is 20.0. The molecule has 2 amide bonds. The van der Waals surface area contributed by atoms with Gasteiger partial charge in [-0.15, -0.1) is 0 Å². The molecule has 0 spiro atoms. The second-order valence-corrected chi connectivity index (χ2v) is 6.65. The fourth-order valence-corrected chi connectivity index (χ4v) is 3.07. The van der Waals surface area contributed by atoms with Gasteiger partial charge in [0.25, 0.3) is 0 Å². The van der Waals surface area contributed by atoms with E-state index in [0.29, 0.717) is 5.69 Å². The molecular formula is C22H23N5O2. The molecule has 0 aliphatic carbocycles. The fraction of sp³-hybridized carbons (Fsp3) is 0.182. The van der Waals surface area contributed by atoms with Gasteiger partial charge in [0.15, 0.2) is 0 Å². The normalized spacial score (nSPS) is 10.9. The van der Waals surface area contributed by atoms with E-state index >= 15 is 0 Å². The largest absolute Gasteiger partial charge is 0.342 e. The third kappa shape index (κ3) is 4.76. The van der Waals surface area contributed by atoms with Crippen molar-refractivity contribution in [1.29, 1.82) is 0 Å². The van der Waals surface area contributed by atoms with Crippen molar-refractivity contribution in [3.63, 3.8) is 0 Å². The van der Waals surface area contributed by atoms with Crippen molar-refractivity contribution >= 4 is 18.0 Å². The van der Waals surface area contributed by atoms with Crippen molar-refractivity contribution in [1.82, 2.24) is 20.3 Å². The van der Waals surface area contributed by atoms with Crippen LogP contribution in [0.2, 0.25) is 0 Å². The van der Waals surface area contributed by atoms with Gasteiger partial charge in [0, 0.05) is 28.8 Å². The molecule has 0 unspecified atom stereocenters. The number of carbonyl (C=O) groups excluding carboxylic acids is 2. The van der Waals surface area contributed by atoms with Gasteiger partial charge < -0.3 is 9.88 Å². The quantitative estimate of drug-likeness (QED) is 0.399. The number of nitrogens with zero attached hydrogens (tertiary/aromatic N) is 3. The van der Waals surface area contributed by atoms with Crippen LogP contribution in [0.15, 0.2) is 59.8 Å². The number of para-hydroxylation sites is 1.